The molecule has 0 aliphatic rings. The summed E-state index contributed by atoms with van der Waals surface area (Å²) in [6.45, 7) is 3.33. The maximum atomic E-state index is 13.5. The van der Waals surface area contributed by atoms with E-state index >= 15 is 0 Å². The van der Waals surface area contributed by atoms with Gasteiger partial charge in [0.15, 0.2) is 0 Å². The molecule has 0 saturated heterocycles. The van der Waals surface area contributed by atoms with Gasteiger partial charge in [0, 0.05) is 11.4 Å². The molecule has 0 amide bonds. The smallest absolute Gasteiger partial charge is 0.336 e. The van der Waals surface area contributed by atoms with E-state index in [1.807, 2.05) is 0 Å². The van der Waals surface area contributed by atoms with Gasteiger partial charge in [-0.25, -0.2) is 4.68 Å². The highest BCUT2D eigenvalue weighted by Crippen LogP contribution is 2.36. The molecular weight excluding hydrogens is 325 g/mol. The maximum Gasteiger partial charge on any atom is 0.418 e. The molecule has 0 saturated carbocycles. The Kier molecular flexibility index (Phi) is 3.32. The van der Waals surface area contributed by atoms with Crippen LogP contribution in [0.25, 0.3) is 16.7 Å². The molecule has 0 bridgehead atoms. The van der Waals surface area contributed by atoms with E-state index in [0.717, 1.165) is 12.1 Å². The quantitative estimate of drug-likeness (QED) is 0.524. The molecule has 9 heteroatoms. The van der Waals surface area contributed by atoms with Gasteiger partial charge in [-0.3, -0.25) is 9.59 Å². The number of H-pyrrole nitrogens is 1. The van der Waals surface area contributed by atoms with E-state index in [4.69, 9.17) is 5.84 Å². The summed E-state index contributed by atoms with van der Waals surface area (Å²) >= 11 is 0. The third-order valence-electron chi connectivity index (χ3n) is 3.85. The highest BCUT2D eigenvalue weighted by Gasteiger charge is 2.35. The van der Waals surface area contributed by atoms with Crippen molar-refractivity contribution in [3.05, 3.63) is 61.9 Å². The van der Waals surface area contributed by atoms with Crippen LogP contribution in [-0.4, -0.2) is 14.2 Å². The summed E-state index contributed by atoms with van der Waals surface area (Å²) in [6, 6.07) is 5.30. The number of benzene rings is 1. The Hall–Kier alpha value is -2.97. The molecule has 6 nitrogen and oxygen atoms in total. The minimum atomic E-state index is -4.65. The standard InChI is InChI=1S/C15H13F3N4O2/c1-7-3-4-8(2)21(7)11-6-12-10(5-9(11)15(16,17)18)20-13(23)14(24)22(12)19/h3-6H,19H2,1-2H3,(H,20,23). The van der Waals surface area contributed by atoms with Crippen LogP contribution >= 0.6 is 0 Å². The topological polar surface area (TPSA) is 85.8 Å². The van der Waals surface area contributed by atoms with Crippen molar-refractivity contribution >= 4 is 11.0 Å². The zero-order valence-electron chi connectivity index (χ0n) is 12.7. The predicted molar refractivity (Wildman–Crippen MR) is 82.8 cm³/mol. The molecule has 1 aromatic carbocycles. The lowest BCUT2D eigenvalue weighted by molar-refractivity contribution is -0.137. The minimum absolute atomic E-state index is 0.00454. The fourth-order valence-electron chi connectivity index (χ4n) is 2.73. The second-order valence-electron chi connectivity index (χ2n) is 5.47. The molecule has 0 spiro atoms. The number of nitrogens with one attached hydrogen (secondary N) is 1. The molecule has 0 atom stereocenters. The maximum absolute atomic E-state index is 13.5. The third kappa shape index (κ3) is 2.29. The molecule has 24 heavy (non-hydrogen) atoms. The fourth-order valence-corrected chi connectivity index (χ4v) is 2.73. The van der Waals surface area contributed by atoms with Gasteiger partial charge in [-0.1, -0.05) is 0 Å². The summed E-state index contributed by atoms with van der Waals surface area (Å²) in [6.07, 6.45) is -4.65. The van der Waals surface area contributed by atoms with Gasteiger partial charge in [-0.2, -0.15) is 13.2 Å². The molecule has 3 rings (SSSR count). The first kappa shape index (κ1) is 15.9. The number of nitrogen functional groups attached to an aromatic ring is 1. The SMILES string of the molecule is Cc1ccc(C)n1-c1cc2c(cc1C(F)(F)F)[nH]c(=O)c(=O)n2N. The Bertz CT molecular complexity index is 1050. The number of aryl methyl sites for hydroxylation is 2. The molecule has 0 fully saturated rings. The molecule has 0 unspecified atom stereocenters. The lowest BCUT2D eigenvalue weighted by Gasteiger charge is -2.18. The van der Waals surface area contributed by atoms with Crippen molar-refractivity contribution in [2.24, 2.45) is 0 Å². The lowest BCUT2D eigenvalue weighted by Crippen LogP contribution is -2.40. The van der Waals surface area contributed by atoms with E-state index in [1.54, 1.807) is 26.0 Å². The van der Waals surface area contributed by atoms with Gasteiger partial charge in [0.1, 0.15) is 0 Å². The Balaban J connectivity index is 2.52. The van der Waals surface area contributed by atoms with Crippen LogP contribution in [0, 0.1) is 13.8 Å². The number of hydrogen-bond acceptors (Lipinski definition) is 3. The van der Waals surface area contributed by atoms with Gasteiger partial charge in [0.05, 0.1) is 22.3 Å². The van der Waals surface area contributed by atoms with Crippen LogP contribution < -0.4 is 17.0 Å². The first-order chi connectivity index (χ1) is 11.1. The Labute approximate surface area is 132 Å². The van der Waals surface area contributed by atoms with E-state index < -0.39 is 22.9 Å². The highest BCUT2D eigenvalue weighted by atomic mass is 19.4. The van der Waals surface area contributed by atoms with Crippen molar-refractivity contribution < 1.29 is 13.2 Å². The van der Waals surface area contributed by atoms with Gasteiger partial charge >= 0.3 is 17.3 Å². The van der Waals surface area contributed by atoms with Crippen LogP contribution in [0.2, 0.25) is 0 Å². The van der Waals surface area contributed by atoms with E-state index in [9.17, 15) is 22.8 Å². The number of aromatic nitrogens is 3. The van der Waals surface area contributed by atoms with E-state index in [2.05, 4.69) is 4.98 Å². The summed E-state index contributed by atoms with van der Waals surface area (Å²) in [5.41, 5.74) is -2.23. The zero-order chi connectivity index (χ0) is 17.8. The van der Waals surface area contributed by atoms with Gasteiger partial charge < -0.3 is 15.4 Å². The molecule has 0 aliphatic carbocycles. The van der Waals surface area contributed by atoms with Gasteiger partial charge in [0.2, 0.25) is 0 Å². The number of rotatable bonds is 1. The monoisotopic (exact) mass is 338 g/mol. The van der Waals surface area contributed by atoms with E-state index in [1.165, 1.54) is 4.57 Å². The van der Waals surface area contributed by atoms with E-state index in [0.29, 0.717) is 16.1 Å². The molecule has 0 radical (unpaired) electrons. The molecular formula is C15H13F3N4O2. The van der Waals surface area contributed by atoms with Crippen LogP contribution in [0.4, 0.5) is 13.2 Å². The van der Waals surface area contributed by atoms with Crippen molar-refractivity contribution in [3.8, 4) is 5.69 Å². The summed E-state index contributed by atoms with van der Waals surface area (Å²) in [5.74, 6) is 5.57. The van der Waals surface area contributed by atoms with Gasteiger partial charge in [0.25, 0.3) is 0 Å². The Morgan fingerprint density at radius 1 is 1.08 bits per heavy atom. The van der Waals surface area contributed by atoms with Crippen LogP contribution in [0.1, 0.15) is 17.0 Å². The summed E-state index contributed by atoms with van der Waals surface area (Å²) in [5, 5.41) is 0. The first-order valence-electron chi connectivity index (χ1n) is 6.92. The lowest BCUT2D eigenvalue weighted by atomic mass is 10.1. The van der Waals surface area contributed by atoms with Crippen molar-refractivity contribution in [3.63, 3.8) is 0 Å². The Morgan fingerprint density at radius 2 is 1.67 bits per heavy atom. The van der Waals surface area contributed by atoms with Gasteiger partial charge in [-0.15, -0.1) is 0 Å². The normalized spacial score (nSPS) is 12.0. The average Bonchev–Trinajstić information content (AvgIpc) is 2.82. The molecule has 2 heterocycles. The van der Waals surface area contributed by atoms with Crippen molar-refractivity contribution in [2.75, 3.05) is 5.84 Å². The van der Waals surface area contributed by atoms with Crippen molar-refractivity contribution in [2.45, 2.75) is 20.0 Å². The Morgan fingerprint density at radius 3 is 2.21 bits per heavy atom. The molecule has 126 valence electrons. The van der Waals surface area contributed by atoms with E-state index in [-0.39, 0.29) is 16.7 Å². The molecule has 3 aromatic rings. The van der Waals surface area contributed by atoms with Crippen LogP contribution in [0.5, 0.6) is 0 Å². The molecule has 3 N–H and O–H groups in total. The van der Waals surface area contributed by atoms with Crippen LogP contribution in [-0.2, 0) is 6.18 Å². The van der Waals surface area contributed by atoms with Crippen LogP contribution in [0.3, 0.4) is 0 Å². The second-order valence-corrected chi connectivity index (χ2v) is 5.47. The number of halogens is 3. The number of alkyl halides is 3. The average molecular weight is 338 g/mol. The highest BCUT2D eigenvalue weighted by molar-refractivity contribution is 5.79. The zero-order valence-corrected chi connectivity index (χ0v) is 12.7. The van der Waals surface area contributed by atoms with Crippen LogP contribution in [0.15, 0.2) is 33.9 Å². The van der Waals surface area contributed by atoms with Crippen molar-refractivity contribution in [1.82, 2.24) is 14.2 Å². The molecule has 2 aromatic heterocycles. The second kappa shape index (κ2) is 5.02. The first-order valence-corrected chi connectivity index (χ1v) is 6.92. The number of nitrogens with two attached hydrogens (primary N) is 1. The van der Waals surface area contributed by atoms with Crippen molar-refractivity contribution in [1.29, 1.82) is 0 Å². The predicted octanol–water partition coefficient (Wildman–Crippen LogP) is 1.83. The number of hydrogen-bond donors (Lipinski definition) is 2. The third-order valence-corrected chi connectivity index (χ3v) is 3.85. The summed E-state index contributed by atoms with van der Waals surface area (Å²) in [7, 11) is 0. The summed E-state index contributed by atoms with van der Waals surface area (Å²) < 4.78 is 42.5. The number of fused-ring (bicyclic) bond motifs is 1. The molecule has 0 aliphatic heterocycles. The largest absolute Gasteiger partial charge is 0.418 e. The number of aromatic amines is 1. The summed E-state index contributed by atoms with van der Waals surface area (Å²) in [4.78, 5) is 25.3. The van der Waals surface area contributed by atoms with Gasteiger partial charge in [-0.05, 0) is 38.1 Å². The fraction of sp³-hybridized carbons (Fsp3) is 0.200. The number of nitrogens with zero attached hydrogens (tertiary/aromatic N) is 2. The minimum Gasteiger partial charge on any atom is -0.336 e.